The average molecular weight is 763 g/mol. The van der Waals surface area contributed by atoms with Crippen molar-refractivity contribution in [2.75, 3.05) is 79.5 Å². The molecule has 0 bridgehead atoms. The van der Waals surface area contributed by atoms with E-state index in [1.54, 1.807) is 24.3 Å². The maximum atomic E-state index is 13.0. The van der Waals surface area contributed by atoms with Crippen molar-refractivity contribution in [3.8, 4) is 0 Å². The number of hydrogen-bond acceptors (Lipinski definition) is 11. The fourth-order valence-electron chi connectivity index (χ4n) is 5.32. The summed E-state index contributed by atoms with van der Waals surface area (Å²) in [5.41, 5.74) is 2.83. The zero-order chi connectivity index (χ0) is 36.5. The number of Topliss-reactive ketones (excluding diaryl/α,β-unsaturated/α-hetero) is 1. The lowest BCUT2D eigenvalue weighted by molar-refractivity contribution is -0.145. The number of carbonyl (C=O) groups excluding carboxylic acids is 2. The number of sulfonamides is 1. The Morgan fingerprint density at radius 2 is 1.58 bits per heavy atom. The average Bonchev–Trinajstić information content (AvgIpc) is 3.09. The highest BCUT2D eigenvalue weighted by Crippen LogP contribution is 2.38. The van der Waals surface area contributed by atoms with Gasteiger partial charge in [0.2, 0.25) is 10.0 Å². The monoisotopic (exact) mass is 761 g/mol. The van der Waals surface area contributed by atoms with Gasteiger partial charge in [-0.25, -0.2) is 13.1 Å². The first-order valence-electron chi connectivity index (χ1n) is 16.7. The zero-order valence-electron chi connectivity index (χ0n) is 28.6. The second-order valence-electron chi connectivity index (χ2n) is 11.9. The van der Waals surface area contributed by atoms with E-state index < -0.39 is 33.9 Å². The molecule has 3 rings (SSSR count). The molecule has 1 aliphatic heterocycles. The summed E-state index contributed by atoms with van der Waals surface area (Å²) in [5.74, 6) is -1.58. The molecule has 0 saturated heterocycles. The summed E-state index contributed by atoms with van der Waals surface area (Å²) in [7, 11) is -1.79. The van der Waals surface area contributed by atoms with E-state index in [1.807, 2.05) is 26.1 Å². The van der Waals surface area contributed by atoms with Gasteiger partial charge in [-0.1, -0.05) is 42.3 Å². The number of carbonyl (C=O) groups is 2. The van der Waals surface area contributed by atoms with Gasteiger partial charge in [-0.15, -0.1) is 0 Å². The Morgan fingerprint density at radius 1 is 0.920 bits per heavy atom. The van der Waals surface area contributed by atoms with Crippen LogP contribution in [0.15, 0.2) is 41.3 Å². The largest absolute Gasteiger partial charge is 0.382 e. The molecule has 1 heterocycles. The molecule has 0 saturated carbocycles. The van der Waals surface area contributed by atoms with Crippen LogP contribution in [0.2, 0.25) is 10.0 Å². The summed E-state index contributed by atoms with van der Waals surface area (Å²) in [6, 6.07) is 10.5. The summed E-state index contributed by atoms with van der Waals surface area (Å²) in [6.45, 7) is 5.74. The van der Waals surface area contributed by atoms with Crippen molar-refractivity contribution in [2.24, 2.45) is 0 Å². The number of ketones is 1. The molecule has 1 amide bonds. The molecule has 0 spiro atoms. The highest BCUT2D eigenvalue weighted by Gasteiger charge is 2.30. The molecule has 0 aliphatic carbocycles. The van der Waals surface area contributed by atoms with E-state index in [1.165, 1.54) is 0 Å². The van der Waals surface area contributed by atoms with Crippen molar-refractivity contribution < 1.29 is 47.2 Å². The van der Waals surface area contributed by atoms with E-state index in [2.05, 4.69) is 14.9 Å². The number of halogens is 2. The molecular weight excluding hydrogens is 713 g/mol. The molecule has 3 atom stereocenters. The number of likely N-dealkylation sites (N-methyl/N-ethyl adjacent to an activating group) is 1. The number of nitrogens with one attached hydrogen (secondary N) is 2. The molecule has 2 aromatic rings. The van der Waals surface area contributed by atoms with Crippen LogP contribution in [0.5, 0.6) is 0 Å². The Morgan fingerprint density at radius 3 is 2.28 bits per heavy atom. The lowest BCUT2D eigenvalue weighted by atomic mass is 9.85. The van der Waals surface area contributed by atoms with Crippen LogP contribution in [0, 0.1) is 0 Å². The Kier molecular flexibility index (Phi) is 18.6. The first kappa shape index (κ1) is 42.2. The summed E-state index contributed by atoms with van der Waals surface area (Å²) in [4.78, 5) is 26.3. The maximum Gasteiger partial charge on any atom is 0.252 e. The van der Waals surface area contributed by atoms with Gasteiger partial charge in [0.1, 0.15) is 6.10 Å². The van der Waals surface area contributed by atoms with Gasteiger partial charge in [-0.2, -0.15) is 0 Å². The van der Waals surface area contributed by atoms with Crippen molar-refractivity contribution in [2.45, 2.75) is 55.8 Å². The van der Waals surface area contributed by atoms with Crippen LogP contribution >= 0.6 is 23.2 Å². The van der Waals surface area contributed by atoms with Crippen LogP contribution in [0.1, 0.15) is 48.8 Å². The highest BCUT2D eigenvalue weighted by atomic mass is 35.5. The highest BCUT2D eigenvalue weighted by molar-refractivity contribution is 7.89. The van der Waals surface area contributed by atoms with Crippen molar-refractivity contribution in [1.82, 2.24) is 14.9 Å². The normalized spacial score (nSPS) is 16.2. The van der Waals surface area contributed by atoms with Crippen molar-refractivity contribution in [3.63, 3.8) is 0 Å². The van der Waals surface area contributed by atoms with Crippen LogP contribution in [0.4, 0.5) is 0 Å². The van der Waals surface area contributed by atoms with Crippen molar-refractivity contribution >= 4 is 44.9 Å². The zero-order valence-corrected chi connectivity index (χ0v) is 30.9. The number of hydrogen-bond donors (Lipinski definition) is 4. The Bertz CT molecular complexity index is 1480. The topological polar surface area (TPSA) is 173 Å². The Hall–Kier alpha value is -2.21. The summed E-state index contributed by atoms with van der Waals surface area (Å²) in [6.07, 6.45) is -2.41. The third-order valence-electron chi connectivity index (χ3n) is 7.85. The number of aliphatic hydroxyl groups is 2. The Balaban J connectivity index is 1.25. The maximum absolute atomic E-state index is 13.0. The van der Waals surface area contributed by atoms with Crippen LogP contribution < -0.4 is 10.0 Å². The van der Waals surface area contributed by atoms with Gasteiger partial charge >= 0.3 is 0 Å². The Labute approximate surface area is 304 Å². The number of aliphatic hydroxyl groups excluding tert-OH is 2. The van der Waals surface area contributed by atoms with Gasteiger partial charge in [0.25, 0.3) is 5.91 Å². The molecule has 0 unspecified atom stereocenters. The molecule has 0 radical (unpaired) electrons. The minimum atomic E-state index is -3.78. The van der Waals surface area contributed by atoms with E-state index >= 15 is 0 Å². The number of benzene rings is 2. The molecule has 280 valence electrons. The first-order valence-corrected chi connectivity index (χ1v) is 18.9. The third kappa shape index (κ3) is 13.7. The molecule has 50 heavy (non-hydrogen) atoms. The SMILES string of the molecule is CCCOCCCC(=O)[C@@H](O)[C@H](O)C(=O)NCCOCCOCCOCCNS(=O)(=O)c1cccc([C@@H]2CN(C)Cc3c(Cl)cc(Cl)cc32)c1. The summed E-state index contributed by atoms with van der Waals surface area (Å²) in [5, 5.41) is 23.4. The minimum Gasteiger partial charge on any atom is -0.382 e. The number of rotatable bonds is 24. The van der Waals surface area contributed by atoms with Gasteiger partial charge in [0.05, 0.1) is 44.5 Å². The molecule has 0 fully saturated rings. The lowest BCUT2D eigenvalue weighted by Gasteiger charge is -2.33. The lowest BCUT2D eigenvalue weighted by Crippen LogP contribution is -2.46. The summed E-state index contributed by atoms with van der Waals surface area (Å²) < 4.78 is 50.2. The van der Waals surface area contributed by atoms with Crippen LogP contribution in [-0.4, -0.2) is 127 Å². The number of nitrogens with zero attached hydrogens (tertiary/aromatic N) is 1. The van der Waals surface area contributed by atoms with Gasteiger partial charge in [0, 0.05) is 61.8 Å². The predicted molar refractivity (Wildman–Crippen MR) is 189 cm³/mol. The van der Waals surface area contributed by atoms with Crippen LogP contribution in [-0.2, 0) is 45.1 Å². The number of fused-ring (bicyclic) bond motifs is 1. The van der Waals surface area contributed by atoms with E-state index in [9.17, 15) is 28.2 Å². The number of amides is 1. The van der Waals surface area contributed by atoms with Crippen molar-refractivity contribution in [1.29, 1.82) is 0 Å². The molecule has 0 aromatic heterocycles. The quantitative estimate of drug-likeness (QED) is 0.116. The third-order valence-corrected chi connectivity index (χ3v) is 9.86. The van der Waals surface area contributed by atoms with Gasteiger partial charge < -0.3 is 39.4 Å². The second-order valence-corrected chi connectivity index (χ2v) is 14.5. The second kappa shape index (κ2) is 22.0. The molecule has 16 heteroatoms. The van der Waals surface area contributed by atoms with Gasteiger partial charge in [-0.3, -0.25) is 9.59 Å². The fourth-order valence-corrected chi connectivity index (χ4v) is 6.95. The molecule has 2 aromatic carbocycles. The predicted octanol–water partition coefficient (Wildman–Crippen LogP) is 2.51. The van der Waals surface area contributed by atoms with E-state index in [-0.39, 0.29) is 70.0 Å². The van der Waals surface area contributed by atoms with Gasteiger partial charge in [0.15, 0.2) is 11.9 Å². The molecule has 1 aliphatic rings. The van der Waals surface area contributed by atoms with Crippen LogP contribution in [0.25, 0.3) is 0 Å². The summed E-state index contributed by atoms with van der Waals surface area (Å²) >= 11 is 12.8. The fraction of sp³-hybridized carbons (Fsp3) is 0.588. The minimum absolute atomic E-state index is 0.000111. The first-order chi connectivity index (χ1) is 23.9. The van der Waals surface area contributed by atoms with Gasteiger partial charge in [-0.05, 0) is 60.8 Å². The van der Waals surface area contributed by atoms with E-state index in [4.69, 9.17) is 42.1 Å². The van der Waals surface area contributed by atoms with E-state index in [0.29, 0.717) is 42.8 Å². The van der Waals surface area contributed by atoms with Crippen LogP contribution in [0.3, 0.4) is 0 Å². The molecule has 13 nitrogen and oxygen atoms in total. The number of ether oxygens (including phenoxy) is 4. The molecular formula is C34H49Cl2N3O10S. The smallest absolute Gasteiger partial charge is 0.252 e. The standard InChI is InChI=1S/C34H49Cl2N3O10S/c1-3-11-46-12-5-8-31(40)32(41)33(42)34(43)37-9-13-47-15-17-49-18-16-48-14-10-38-50(44,45)26-7-4-6-24(19-26)28-22-39(2)23-29-27(28)20-25(35)21-30(29)36/h4,6-7,19-21,28,32-33,38,41-42H,3,5,8-18,22-23H2,1-2H3,(H,37,43)/t28-,32+,33-/m0/s1. The van der Waals surface area contributed by atoms with E-state index in [0.717, 1.165) is 23.1 Å². The molecule has 4 N–H and O–H groups in total. The van der Waals surface area contributed by atoms with Crippen molar-refractivity contribution in [3.05, 3.63) is 63.1 Å².